The van der Waals surface area contributed by atoms with Gasteiger partial charge in [-0.1, -0.05) is 0 Å². The first kappa shape index (κ1) is 15.9. The van der Waals surface area contributed by atoms with E-state index in [2.05, 4.69) is 5.32 Å². The highest BCUT2D eigenvalue weighted by molar-refractivity contribution is 5.91. The van der Waals surface area contributed by atoms with Crippen molar-refractivity contribution in [1.82, 2.24) is 0 Å². The number of nitrogens with one attached hydrogen (secondary N) is 1. The molecule has 0 saturated heterocycles. The Morgan fingerprint density at radius 2 is 1.77 bits per heavy atom. The molecule has 0 saturated carbocycles. The van der Waals surface area contributed by atoms with Gasteiger partial charge in [0.15, 0.2) is 0 Å². The number of carbonyl (C=O) groups is 1. The van der Waals surface area contributed by atoms with Gasteiger partial charge in [-0.25, -0.2) is 8.78 Å². The minimum atomic E-state index is -0.469. The van der Waals surface area contributed by atoms with Crippen LogP contribution in [0.15, 0.2) is 42.5 Å². The molecule has 1 atom stereocenters. The van der Waals surface area contributed by atoms with Gasteiger partial charge in [0.2, 0.25) is 5.91 Å². The summed E-state index contributed by atoms with van der Waals surface area (Å²) in [5, 5.41) is 3.11. The fourth-order valence-corrected chi connectivity index (χ4v) is 2.14. The molecule has 0 aliphatic heterocycles. The minimum Gasteiger partial charge on any atom is -0.378 e. The van der Waals surface area contributed by atoms with Crippen molar-refractivity contribution in [3.63, 3.8) is 0 Å². The molecule has 116 valence electrons. The molecule has 0 spiro atoms. The summed E-state index contributed by atoms with van der Waals surface area (Å²) in [5.74, 6) is -0.978. The van der Waals surface area contributed by atoms with Crippen LogP contribution in [-0.2, 0) is 4.79 Å². The fraction of sp³-hybridized carbons (Fsp3) is 0.235. The molecule has 0 heterocycles. The van der Waals surface area contributed by atoms with Crippen molar-refractivity contribution in [3.8, 4) is 0 Å². The van der Waals surface area contributed by atoms with Crippen molar-refractivity contribution in [2.45, 2.75) is 19.9 Å². The van der Waals surface area contributed by atoms with Gasteiger partial charge in [0, 0.05) is 30.9 Å². The van der Waals surface area contributed by atoms with E-state index in [0.29, 0.717) is 0 Å². The fourth-order valence-electron chi connectivity index (χ4n) is 2.14. The highest BCUT2D eigenvalue weighted by Gasteiger charge is 2.12. The number of rotatable bonds is 4. The predicted molar refractivity (Wildman–Crippen MR) is 83.9 cm³/mol. The lowest BCUT2D eigenvalue weighted by molar-refractivity contribution is -0.116. The van der Waals surface area contributed by atoms with E-state index in [1.807, 2.05) is 0 Å². The Kier molecular flexibility index (Phi) is 4.75. The van der Waals surface area contributed by atoms with E-state index in [1.165, 1.54) is 17.9 Å². The van der Waals surface area contributed by atoms with Crippen LogP contribution in [-0.4, -0.2) is 13.0 Å². The molecule has 0 unspecified atom stereocenters. The maximum atomic E-state index is 13.7. The third-order valence-corrected chi connectivity index (χ3v) is 3.53. The lowest BCUT2D eigenvalue weighted by Gasteiger charge is -2.18. The van der Waals surface area contributed by atoms with Gasteiger partial charge in [-0.3, -0.25) is 4.79 Å². The second-order valence-corrected chi connectivity index (χ2v) is 5.16. The smallest absolute Gasteiger partial charge is 0.223 e. The number of hydrogen-bond donors (Lipinski definition) is 1. The van der Waals surface area contributed by atoms with Gasteiger partial charge < -0.3 is 10.2 Å². The molecule has 1 amide bonds. The summed E-state index contributed by atoms with van der Waals surface area (Å²) >= 11 is 0. The molecule has 0 radical (unpaired) electrons. The highest BCUT2D eigenvalue weighted by Crippen LogP contribution is 2.24. The van der Waals surface area contributed by atoms with Gasteiger partial charge in [0.05, 0.1) is 6.04 Å². The van der Waals surface area contributed by atoms with Crippen LogP contribution in [0.5, 0.6) is 0 Å². The second kappa shape index (κ2) is 6.56. The third kappa shape index (κ3) is 3.61. The average molecular weight is 304 g/mol. The first-order chi connectivity index (χ1) is 10.4. The summed E-state index contributed by atoms with van der Waals surface area (Å²) in [4.78, 5) is 12.8. The molecule has 22 heavy (non-hydrogen) atoms. The Hall–Kier alpha value is -2.43. The molecule has 1 N–H and O–H groups in total. The highest BCUT2D eigenvalue weighted by atomic mass is 19.1. The molecule has 2 rings (SSSR count). The Morgan fingerprint density at radius 1 is 1.14 bits per heavy atom. The van der Waals surface area contributed by atoms with Crippen LogP contribution in [0.4, 0.5) is 20.2 Å². The zero-order chi connectivity index (χ0) is 16.3. The molecule has 0 aliphatic carbocycles. The zero-order valence-electron chi connectivity index (χ0n) is 12.7. The molecule has 2 aromatic rings. The van der Waals surface area contributed by atoms with Crippen LogP contribution < -0.4 is 10.2 Å². The number of halogens is 2. The van der Waals surface area contributed by atoms with Gasteiger partial charge in [-0.05, 0) is 49.4 Å². The van der Waals surface area contributed by atoms with Crippen LogP contribution in [0, 0.1) is 11.6 Å². The molecule has 2 aromatic carbocycles. The average Bonchev–Trinajstić information content (AvgIpc) is 2.49. The number of benzene rings is 2. The maximum absolute atomic E-state index is 13.7. The molecule has 5 heteroatoms. The minimum absolute atomic E-state index is 0.0593. The third-order valence-electron chi connectivity index (χ3n) is 3.53. The monoisotopic (exact) mass is 304 g/mol. The first-order valence-corrected chi connectivity index (χ1v) is 6.94. The number of nitrogens with zero attached hydrogens (tertiary/aromatic N) is 1. The van der Waals surface area contributed by atoms with Gasteiger partial charge in [-0.15, -0.1) is 0 Å². The van der Waals surface area contributed by atoms with E-state index < -0.39 is 11.6 Å². The number of anilines is 2. The molecule has 3 nitrogen and oxygen atoms in total. The van der Waals surface area contributed by atoms with E-state index in [-0.39, 0.29) is 17.5 Å². The lowest BCUT2D eigenvalue weighted by atomic mass is 10.1. The van der Waals surface area contributed by atoms with E-state index in [0.717, 1.165) is 23.5 Å². The van der Waals surface area contributed by atoms with Gasteiger partial charge in [-0.2, -0.15) is 0 Å². The van der Waals surface area contributed by atoms with Gasteiger partial charge >= 0.3 is 0 Å². The van der Waals surface area contributed by atoms with Crippen LogP contribution in [0.25, 0.3) is 0 Å². The SMILES string of the molecule is CC(=O)N(C)c1ccc(N[C@@H](C)c2cc(F)ccc2F)cc1. The van der Waals surface area contributed by atoms with Gasteiger partial charge in [0.1, 0.15) is 11.6 Å². The Morgan fingerprint density at radius 3 is 2.36 bits per heavy atom. The lowest BCUT2D eigenvalue weighted by Crippen LogP contribution is -2.22. The first-order valence-electron chi connectivity index (χ1n) is 6.94. The van der Waals surface area contributed by atoms with Crippen LogP contribution in [0.1, 0.15) is 25.5 Å². The molecule has 0 aromatic heterocycles. The quantitative estimate of drug-likeness (QED) is 0.921. The van der Waals surface area contributed by atoms with E-state index in [9.17, 15) is 13.6 Å². The largest absolute Gasteiger partial charge is 0.378 e. The Labute approximate surface area is 128 Å². The van der Waals surface area contributed by atoms with E-state index in [4.69, 9.17) is 0 Å². The summed E-state index contributed by atoms with van der Waals surface area (Å²) < 4.78 is 27.0. The number of amides is 1. The van der Waals surface area contributed by atoms with Crippen molar-refractivity contribution in [1.29, 1.82) is 0 Å². The molecule has 0 bridgehead atoms. The van der Waals surface area contributed by atoms with Crippen molar-refractivity contribution < 1.29 is 13.6 Å². The number of hydrogen-bond acceptors (Lipinski definition) is 2. The predicted octanol–water partition coefficient (Wildman–Crippen LogP) is 4.12. The maximum Gasteiger partial charge on any atom is 0.223 e. The van der Waals surface area contributed by atoms with Gasteiger partial charge in [0.25, 0.3) is 0 Å². The van der Waals surface area contributed by atoms with Crippen molar-refractivity contribution in [2.24, 2.45) is 0 Å². The topological polar surface area (TPSA) is 32.3 Å². The summed E-state index contributed by atoms with van der Waals surface area (Å²) in [6, 6.07) is 10.2. The van der Waals surface area contributed by atoms with Crippen LogP contribution in [0.3, 0.4) is 0 Å². The van der Waals surface area contributed by atoms with Crippen molar-refractivity contribution >= 4 is 17.3 Å². The zero-order valence-corrected chi connectivity index (χ0v) is 12.7. The van der Waals surface area contributed by atoms with Crippen LogP contribution >= 0.6 is 0 Å². The molecular weight excluding hydrogens is 286 g/mol. The summed E-state index contributed by atoms with van der Waals surface area (Å²) in [6.45, 7) is 3.24. The van der Waals surface area contributed by atoms with E-state index in [1.54, 1.807) is 38.2 Å². The summed E-state index contributed by atoms with van der Waals surface area (Å²) in [5.41, 5.74) is 1.80. The summed E-state index contributed by atoms with van der Waals surface area (Å²) in [6.07, 6.45) is 0. The van der Waals surface area contributed by atoms with E-state index >= 15 is 0 Å². The molecular formula is C17H18F2N2O. The Bertz CT molecular complexity index is 671. The molecule has 0 fully saturated rings. The molecule has 0 aliphatic rings. The van der Waals surface area contributed by atoms with Crippen LogP contribution in [0.2, 0.25) is 0 Å². The Balaban J connectivity index is 2.13. The number of carbonyl (C=O) groups excluding carboxylic acids is 1. The normalized spacial score (nSPS) is 11.9. The van der Waals surface area contributed by atoms with Crippen molar-refractivity contribution in [2.75, 3.05) is 17.3 Å². The standard InChI is InChI=1S/C17H18F2N2O/c1-11(16-10-13(18)4-9-17(16)19)20-14-5-7-15(8-6-14)21(3)12(2)22/h4-11,20H,1-3H3/t11-/m0/s1. The van der Waals surface area contributed by atoms with Crippen molar-refractivity contribution in [3.05, 3.63) is 59.7 Å². The second-order valence-electron chi connectivity index (χ2n) is 5.16. The summed E-state index contributed by atoms with van der Waals surface area (Å²) in [7, 11) is 1.69.